The van der Waals surface area contributed by atoms with Gasteiger partial charge in [-0.2, -0.15) is 12.6 Å². The molecule has 0 aliphatic carbocycles. The molecule has 4 aromatic rings. The van der Waals surface area contributed by atoms with Crippen LogP contribution in [0.1, 0.15) is 5.56 Å². The molecule has 0 nitrogen and oxygen atoms in total. The third-order valence-electron chi connectivity index (χ3n) is 3.84. The van der Waals surface area contributed by atoms with Crippen LogP contribution in [0.25, 0.3) is 6.08 Å². The van der Waals surface area contributed by atoms with E-state index < -0.39 is 7.92 Å². The van der Waals surface area contributed by atoms with Crippen LogP contribution in [-0.4, -0.2) is 0 Å². The van der Waals surface area contributed by atoms with Crippen molar-refractivity contribution in [2.24, 2.45) is 0 Å². The molecule has 4 aromatic carbocycles. The van der Waals surface area contributed by atoms with Crippen LogP contribution in [0.4, 0.5) is 0 Å². The molecular formula is C24H21FeP-6. The molecule has 0 spiro atoms. The standard InChI is InChI=1S/C19H16P.C5H5.Fe/c1-2-16-13-14-19(15-16)20(17-9-5-3-6-10-17)18-11-7-4-8-12-18;1-2-4-5-3-1;/h2-15H,1H2;1-5H;/q-1;-5;. The van der Waals surface area contributed by atoms with E-state index in [2.05, 4.69) is 85.4 Å². The van der Waals surface area contributed by atoms with Crippen molar-refractivity contribution in [2.45, 2.75) is 0 Å². The van der Waals surface area contributed by atoms with Gasteiger partial charge in [0.1, 0.15) is 0 Å². The molecule has 4 rings (SSSR count). The van der Waals surface area contributed by atoms with Crippen LogP contribution in [-0.2, 0) is 17.1 Å². The van der Waals surface area contributed by atoms with Crippen LogP contribution in [0.3, 0.4) is 0 Å². The van der Waals surface area contributed by atoms with Gasteiger partial charge in [0, 0.05) is 17.1 Å². The monoisotopic (exact) mass is 396 g/mol. The van der Waals surface area contributed by atoms with Gasteiger partial charge in [-0.05, 0) is 10.6 Å². The zero-order valence-corrected chi connectivity index (χ0v) is 16.5. The molecule has 26 heavy (non-hydrogen) atoms. The van der Waals surface area contributed by atoms with E-state index in [0.29, 0.717) is 0 Å². The summed E-state index contributed by atoms with van der Waals surface area (Å²) in [5, 5.41) is 4.15. The Morgan fingerprint density at radius 1 is 0.692 bits per heavy atom. The zero-order chi connectivity index (χ0) is 17.3. The normalized spacial score (nSPS) is 9.73. The molecule has 0 saturated carbocycles. The summed E-state index contributed by atoms with van der Waals surface area (Å²) >= 11 is 0. The topological polar surface area (TPSA) is 0 Å². The van der Waals surface area contributed by atoms with Gasteiger partial charge >= 0.3 is 0 Å². The molecule has 136 valence electrons. The van der Waals surface area contributed by atoms with Gasteiger partial charge in [0.2, 0.25) is 0 Å². The summed E-state index contributed by atoms with van der Waals surface area (Å²) in [6.07, 6.45) is 1.91. The second kappa shape index (κ2) is 10.7. The molecule has 0 N–H and O–H groups in total. The summed E-state index contributed by atoms with van der Waals surface area (Å²) in [5.41, 5.74) is 1.19. The van der Waals surface area contributed by atoms with Crippen molar-refractivity contribution in [1.29, 1.82) is 0 Å². The Morgan fingerprint density at radius 2 is 1.15 bits per heavy atom. The minimum Gasteiger partial charge on any atom is -0.748 e. The van der Waals surface area contributed by atoms with E-state index in [1.165, 1.54) is 21.5 Å². The molecule has 0 aliphatic rings. The molecule has 0 atom stereocenters. The Morgan fingerprint density at radius 3 is 1.54 bits per heavy atom. The summed E-state index contributed by atoms with van der Waals surface area (Å²) in [4.78, 5) is 0. The molecule has 0 bridgehead atoms. The third kappa shape index (κ3) is 5.41. The van der Waals surface area contributed by atoms with Crippen molar-refractivity contribution in [3.8, 4) is 0 Å². The molecule has 0 aromatic heterocycles. The molecule has 0 amide bonds. The van der Waals surface area contributed by atoms with Crippen molar-refractivity contribution in [3.63, 3.8) is 0 Å². The molecule has 0 fully saturated rings. The maximum Gasteiger partial charge on any atom is 0 e. The minimum atomic E-state index is -0.479. The fourth-order valence-electron chi connectivity index (χ4n) is 2.64. The van der Waals surface area contributed by atoms with E-state index in [9.17, 15) is 0 Å². The summed E-state index contributed by atoms with van der Waals surface area (Å²) < 4.78 is 0. The van der Waals surface area contributed by atoms with E-state index in [-0.39, 0.29) is 17.1 Å². The van der Waals surface area contributed by atoms with Gasteiger partial charge in [-0.25, -0.2) is 0 Å². The van der Waals surface area contributed by atoms with Crippen molar-refractivity contribution in [2.75, 3.05) is 0 Å². The maximum absolute atomic E-state index is 3.86. The maximum atomic E-state index is 3.86. The van der Waals surface area contributed by atoms with Gasteiger partial charge in [-0.15, -0.1) is 29.1 Å². The smallest absolute Gasteiger partial charge is 0 e. The Labute approximate surface area is 168 Å². The predicted octanol–water partition coefficient (Wildman–Crippen LogP) is 5.21. The van der Waals surface area contributed by atoms with E-state index in [0.717, 1.165) is 0 Å². The largest absolute Gasteiger partial charge is 0.748 e. The quantitative estimate of drug-likeness (QED) is 0.252. The molecule has 0 aliphatic heterocycles. The molecule has 0 saturated heterocycles. The van der Waals surface area contributed by atoms with Gasteiger partial charge in [-0.1, -0.05) is 68.6 Å². The Hall–Kier alpha value is -2.17. The van der Waals surface area contributed by atoms with Gasteiger partial charge in [0.25, 0.3) is 0 Å². The first kappa shape index (κ1) is 20.1. The molecule has 0 heterocycles. The van der Waals surface area contributed by atoms with E-state index in [4.69, 9.17) is 0 Å². The summed E-state index contributed by atoms with van der Waals surface area (Å²) in [7, 11) is -0.479. The predicted molar refractivity (Wildman–Crippen MR) is 113 cm³/mol. The van der Waals surface area contributed by atoms with Gasteiger partial charge in [0.05, 0.1) is 0 Å². The second-order valence-corrected chi connectivity index (χ2v) is 7.80. The average molecular weight is 396 g/mol. The fourth-order valence-corrected chi connectivity index (χ4v) is 4.97. The van der Waals surface area contributed by atoms with Crippen molar-refractivity contribution < 1.29 is 17.1 Å². The number of hydrogen-bond donors (Lipinski definition) is 0. The second-order valence-electron chi connectivity index (χ2n) is 5.58. The van der Waals surface area contributed by atoms with Crippen LogP contribution >= 0.6 is 7.92 Å². The Balaban J connectivity index is 0.000000351. The Kier molecular flexibility index (Phi) is 8.32. The number of hydrogen-bond acceptors (Lipinski definition) is 0. The van der Waals surface area contributed by atoms with E-state index in [1.807, 2.05) is 36.4 Å². The van der Waals surface area contributed by atoms with Crippen molar-refractivity contribution in [3.05, 3.63) is 121 Å². The molecule has 2 heteroatoms. The Bertz CT molecular complexity index is 804. The fraction of sp³-hybridized carbons (Fsp3) is 0. The van der Waals surface area contributed by atoms with Gasteiger partial charge in [0.15, 0.2) is 0 Å². The third-order valence-corrected chi connectivity index (χ3v) is 6.26. The molecule has 0 radical (unpaired) electrons. The number of benzene rings is 2. The first-order chi connectivity index (χ1) is 12.4. The summed E-state index contributed by atoms with van der Waals surface area (Å²) in [6.45, 7) is 3.86. The summed E-state index contributed by atoms with van der Waals surface area (Å²) in [6, 6.07) is 38.1. The van der Waals surface area contributed by atoms with Crippen LogP contribution < -0.4 is 15.9 Å². The molecule has 0 unspecified atom stereocenters. The van der Waals surface area contributed by atoms with Crippen LogP contribution in [0.15, 0.2) is 116 Å². The first-order valence-corrected chi connectivity index (χ1v) is 9.69. The average Bonchev–Trinajstić information content (AvgIpc) is 3.39. The minimum absolute atomic E-state index is 0. The number of rotatable bonds is 4. The van der Waals surface area contributed by atoms with Gasteiger partial charge < -0.3 is 30.3 Å². The van der Waals surface area contributed by atoms with Crippen molar-refractivity contribution in [1.82, 2.24) is 0 Å². The van der Waals surface area contributed by atoms with Gasteiger partial charge in [-0.3, -0.25) is 0 Å². The zero-order valence-electron chi connectivity index (χ0n) is 14.5. The summed E-state index contributed by atoms with van der Waals surface area (Å²) in [5.74, 6) is 0. The van der Waals surface area contributed by atoms with Crippen LogP contribution in [0.2, 0.25) is 0 Å². The van der Waals surface area contributed by atoms with Crippen LogP contribution in [0.5, 0.6) is 0 Å². The SMILES string of the molecule is C=C[c-]1ccc(P(c2ccccc2)c2ccccc2)c1.[Fe].[cH-]1[cH-][cH-][cH-][cH-]1. The first-order valence-electron chi connectivity index (χ1n) is 8.34. The van der Waals surface area contributed by atoms with E-state index in [1.54, 1.807) is 0 Å². The van der Waals surface area contributed by atoms with E-state index >= 15 is 0 Å². The van der Waals surface area contributed by atoms with Crippen LogP contribution in [0, 0.1) is 0 Å². The van der Waals surface area contributed by atoms with Crippen molar-refractivity contribution >= 4 is 29.9 Å². The molecular weight excluding hydrogens is 375 g/mol.